The number of rotatable bonds is 4. The summed E-state index contributed by atoms with van der Waals surface area (Å²) in [7, 11) is 0.928. The summed E-state index contributed by atoms with van der Waals surface area (Å²) in [6.07, 6.45) is 0. The molecule has 0 fully saturated rings. The van der Waals surface area contributed by atoms with Crippen molar-refractivity contribution in [3.05, 3.63) is 36.4 Å². The molecule has 11 heteroatoms. The minimum atomic E-state index is -1.35. The predicted octanol–water partition coefficient (Wildman–Crippen LogP) is 1.13. The molecule has 11 nitrogen and oxygen atoms in total. The summed E-state index contributed by atoms with van der Waals surface area (Å²) in [5.41, 5.74) is -3.81. The summed E-state index contributed by atoms with van der Waals surface area (Å²) in [6, 6.07) is 0.421. The van der Waals surface area contributed by atoms with Gasteiger partial charge in [-0.15, -0.1) is 0 Å². The van der Waals surface area contributed by atoms with Gasteiger partial charge in [0.15, 0.2) is 5.75 Å². The van der Waals surface area contributed by atoms with Crippen LogP contribution in [-0.4, -0.2) is 27.0 Å². The fourth-order valence-corrected chi connectivity index (χ4v) is 1.30. The summed E-state index contributed by atoms with van der Waals surface area (Å²) in [5, 5.41) is 41.3. The molecule has 0 radical (unpaired) electrons. The Morgan fingerprint density at radius 3 is 1.89 bits per heavy atom. The van der Waals surface area contributed by atoms with Gasteiger partial charge in [0.05, 0.1) is 27.9 Å². The van der Waals surface area contributed by atoms with E-state index in [-0.39, 0.29) is 0 Å². The molecular weight excluding hydrogens is 254 g/mol. The molecule has 18 heavy (non-hydrogen) atoms. The maximum atomic E-state index is 10.7. The number of aromatic hydroxyl groups is 1. The molecule has 0 atom stereocenters. The molecule has 0 bridgehead atoms. The number of methoxy groups -OCH3 is 1. The first kappa shape index (κ1) is 13.1. The van der Waals surface area contributed by atoms with Crippen LogP contribution in [0.2, 0.25) is 0 Å². The monoisotopic (exact) mass is 259 g/mol. The number of nitrogens with zero attached hydrogens (tertiary/aromatic N) is 3. The fourth-order valence-electron chi connectivity index (χ4n) is 1.30. The predicted molar refractivity (Wildman–Crippen MR) is 54.6 cm³/mol. The van der Waals surface area contributed by atoms with Gasteiger partial charge in [0.1, 0.15) is 0 Å². The van der Waals surface area contributed by atoms with Crippen LogP contribution >= 0.6 is 0 Å². The average Bonchev–Trinajstić information content (AvgIpc) is 2.26. The van der Waals surface area contributed by atoms with E-state index in [4.69, 9.17) is 0 Å². The van der Waals surface area contributed by atoms with Crippen LogP contribution in [0.5, 0.6) is 11.5 Å². The Kier molecular flexibility index (Phi) is 3.26. The molecule has 0 aliphatic heterocycles. The van der Waals surface area contributed by atoms with E-state index >= 15 is 0 Å². The van der Waals surface area contributed by atoms with Gasteiger partial charge in [0.2, 0.25) is 5.75 Å². The van der Waals surface area contributed by atoms with Crippen molar-refractivity contribution in [2.45, 2.75) is 0 Å². The average molecular weight is 259 g/mol. The van der Waals surface area contributed by atoms with Crippen molar-refractivity contribution in [2.24, 2.45) is 0 Å². The van der Waals surface area contributed by atoms with Gasteiger partial charge in [0.25, 0.3) is 0 Å². The smallest absolute Gasteiger partial charge is 0.426 e. The van der Waals surface area contributed by atoms with E-state index < -0.39 is 43.3 Å². The zero-order valence-electron chi connectivity index (χ0n) is 8.72. The first-order valence-electron chi connectivity index (χ1n) is 4.18. The third-order valence-corrected chi connectivity index (χ3v) is 1.95. The molecule has 0 saturated carbocycles. The lowest BCUT2D eigenvalue weighted by Gasteiger charge is -2.04. The van der Waals surface area contributed by atoms with Crippen molar-refractivity contribution in [1.29, 1.82) is 0 Å². The number of benzene rings is 1. The fraction of sp³-hybridized carbons (Fsp3) is 0.143. The minimum Gasteiger partial charge on any atom is -0.504 e. The maximum absolute atomic E-state index is 10.7. The number of nitro groups is 3. The molecule has 0 amide bonds. The number of phenolic OH excluding ortho intramolecular Hbond substituents is 1. The van der Waals surface area contributed by atoms with Gasteiger partial charge in [-0.25, -0.2) is 0 Å². The van der Waals surface area contributed by atoms with Gasteiger partial charge < -0.3 is 9.84 Å². The minimum absolute atomic E-state index is 0.421. The van der Waals surface area contributed by atoms with Crippen LogP contribution in [0.15, 0.2) is 6.07 Å². The Morgan fingerprint density at radius 2 is 1.56 bits per heavy atom. The van der Waals surface area contributed by atoms with Crippen LogP contribution in [-0.2, 0) is 0 Å². The van der Waals surface area contributed by atoms with Crippen LogP contribution in [0.3, 0.4) is 0 Å². The van der Waals surface area contributed by atoms with Crippen molar-refractivity contribution < 1.29 is 24.6 Å². The Labute approximate surface area is 97.7 Å². The standard InChI is InChI=1S/C7H5N3O8/c1-18-7-4(11)2-3(8(12)13)5(9(14)15)6(7)10(16)17/h2,11H,1H3. The van der Waals surface area contributed by atoms with E-state index in [0.29, 0.717) is 6.07 Å². The third kappa shape index (κ3) is 1.95. The molecule has 0 saturated heterocycles. The molecule has 1 N–H and O–H groups in total. The second-order valence-corrected chi connectivity index (χ2v) is 2.92. The van der Waals surface area contributed by atoms with Crippen LogP contribution in [0, 0.1) is 30.3 Å². The zero-order chi connectivity index (χ0) is 14.0. The normalized spacial score (nSPS) is 9.83. The summed E-state index contributed by atoms with van der Waals surface area (Å²) >= 11 is 0. The van der Waals surface area contributed by atoms with Gasteiger partial charge in [-0.2, -0.15) is 0 Å². The lowest BCUT2D eigenvalue weighted by atomic mass is 10.2. The largest absolute Gasteiger partial charge is 0.504 e. The summed E-state index contributed by atoms with van der Waals surface area (Å²) in [4.78, 5) is 28.3. The van der Waals surface area contributed by atoms with E-state index in [0.717, 1.165) is 7.11 Å². The first-order valence-corrected chi connectivity index (χ1v) is 4.18. The van der Waals surface area contributed by atoms with E-state index in [1.54, 1.807) is 0 Å². The van der Waals surface area contributed by atoms with Crippen molar-refractivity contribution >= 4 is 17.1 Å². The van der Waals surface area contributed by atoms with E-state index in [2.05, 4.69) is 4.74 Å². The Bertz CT molecular complexity index is 554. The number of hydrogen-bond acceptors (Lipinski definition) is 8. The van der Waals surface area contributed by atoms with Gasteiger partial charge in [0, 0.05) is 0 Å². The van der Waals surface area contributed by atoms with Crippen LogP contribution in [0.4, 0.5) is 17.1 Å². The second kappa shape index (κ2) is 4.48. The van der Waals surface area contributed by atoms with Crippen molar-refractivity contribution in [3.8, 4) is 11.5 Å². The van der Waals surface area contributed by atoms with Crippen molar-refractivity contribution in [3.63, 3.8) is 0 Å². The molecule has 1 aromatic rings. The highest BCUT2D eigenvalue weighted by atomic mass is 16.7. The number of hydrogen-bond donors (Lipinski definition) is 1. The molecule has 0 aliphatic carbocycles. The second-order valence-electron chi connectivity index (χ2n) is 2.92. The van der Waals surface area contributed by atoms with Gasteiger partial charge in [-0.3, -0.25) is 30.3 Å². The lowest BCUT2D eigenvalue weighted by molar-refractivity contribution is -0.441. The number of nitro benzene ring substituents is 3. The van der Waals surface area contributed by atoms with Gasteiger partial charge in [-0.05, 0) is 0 Å². The molecule has 1 rings (SSSR count). The van der Waals surface area contributed by atoms with Crippen molar-refractivity contribution in [1.82, 2.24) is 0 Å². The van der Waals surface area contributed by atoms with Crippen LogP contribution in [0.25, 0.3) is 0 Å². The summed E-state index contributed by atoms with van der Waals surface area (Å²) < 4.78 is 4.44. The van der Waals surface area contributed by atoms with Crippen LogP contribution < -0.4 is 4.74 Å². The zero-order valence-corrected chi connectivity index (χ0v) is 8.72. The summed E-state index contributed by atoms with van der Waals surface area (Å²) in [6.45, 7) is 0. The summed E-state index contributed by atoms with van der Waals surface area (Å²) in [5.74, 6) is -1.74. The molecule has 0 aromatic heterocycles. The molecule has 1 aromatic carbocycles. The molecule has 0 aliphatic rings. The highest BCUT2D eigenvalue weighted by Crippen LogP contribution is 2.48. The topological polar surface area (TPSA) is 159 Å². The first-order chi connectivity index (χ1) is 8.31. The number of phenols is 1. The van der Waals surface area contributed by atoms with Crippen LogP contribution in [0.1, 0.15) is 0 Å². The number of ether oxygens (including phenoxy) is 1. The lowest BCUT2D eigenvalue weighted by Crippen LogP contribution is -2.03. The van der Waals surface area contributed by atoms with E-state index in [1.807, 2.05) is 0 Å². The third-order valence-electron chi connectivity index (χ3n) is 1.95. The molecular formula is C7H5N3O8. The highest BCUT2D eigenvalue weighted by Gasteiger charge is 2.42. The van der Waals surface area contributed by atoms with Crippen molar-refractivity contribution in [2.75, 3.05) is 7.11 Å². The Balaban J connectivity index is 3.86. The highest BCUT2D eigenvalue weighted by molar-refractivity contribution is 5.76. The van der Waals surface area contributed by atoms with E-state index in [9.17, 15) is 35.4 Å². The van der Waals surface area contributed by atoms with Gasteiger partial charge in [-0.1, -0.05) is 0 Å². The Hall–Kier alpha value is -2.98. The quantitative estimate of drug-likeness (QED) is 0.621. The molecule has 0 unspecified atom stereocenters. The maximum Gasteiger partial charge on any atom is 0.426 e. The SMILES string of the molecule is COc1c(O)cc([N+](=O)[O-])c([N+](=O)[O-])c1[N+](=O)[O-]. The van der Waals surface area contributed by atoms with E-state index in [1.165, 1.54) is 0 Å². The van der Waals surface area contributed by atoms with Gasteiger partial charge >= 0.3 is 17.1 Å². The Morgan fingerprint density at radius 1 is 1.06 bits per heavy atom. The molecule has 0 spiro atoms. The molecule has 96 valence electrons. The molecule has 0 heterocycles.